The normalized spacial score (nSPS) is 26.2. The number of amides is 2. The molecule has 0 aromatic carbocycles. The summed E-state index contributed by atoms with van der Waals surface area (Å²) in [6, 6.07) is 0.193. The number of aliphatic carboxylic acids is 1. The zero-order chi connectivity index (χ0) is 15.5. The smallest absolute Gasteiger partial charge is 0.315 e. The molecule has 21 heavy (non-hydrogen) atoms. The molecule has 0 radical (unpaired) electrons. The number of carbonyl (C=O) groups excluding carboxylic acids is 1. The number of carboxylic acids is 1. The Balaban J connectivity index is 1.70. The molecule has 2 aliphatic heterocycles. The number of fused-ring (bicyclic) bond motifs is 1. The van der Waals surface area contributed by atoms with Crippen LogP contribution < -0.4 is 10.6 Å². The van der Waals surface area contributed by atoms with E-state index in [1.165, 1.54) is 12.8 Å². The van der Waals surface area contributed by atoms with E-state index in [0.29, 0.717) is 12.6 Å². The van der Waals surface area contributed by atoms with Gasteiger partial charge in [-0.05, 0) is 33.2 Å². The second-order valence-electron chi connectivity index (χ2n) is 6.54. The van der Waals surface area contributed by atoms with Crippen molar-refractivity contribution in [3.05, 3.63) is 0 Å². The van der Waals surface area contributed by atoms with Gasteiger partial charge in [-0.1, -0.05) is 0 Å². The first-order valence-electron chi connectivity index (χ1n) is 7.49. The van der Waals surface area contributed by atoms with Crippen molar-refractivity contribution in [2.75, 3.05) is 26.2 Å². The lowest BCUT2D eigenvalue weighted by Crippen LogP contribution is -2.54. The Kier molecular flexibility index (Phi) is 5.05. The van der Waals surface area contributed by atoms with E-state index in [9.17, 15) is 9.59 Å². The van der Waals surface area contributed by atoms with Gasteiger partial charge in [-0.2, -0.15) is 0 Å². The molecule has 2 unspecified atom stereocenters. The minimum atomic E-state index is -0.934. The van der Waals surface area contributed by atoms with Crippen LogP contribution in [0.15, 0.2) is 0 Å². The molecule has 2 amide bonds. The number of rotatable bonds is 5. The molecular formula is C14H25N3O4. The number of morpholine rings is 1. The summed E-state index contributed by atoms with van der Waals surface area (Å²) in [5, 5.41) is 14.2. The Hall–Kier alpha value is -1.34. The highest BCUT2D eigenvalue weighted by Gasteiger charge is 2.32. The maximum Gasteiger partial charge on any atom is 0.315 e. The number of nitrogens with one attached hydrogen (secondary N) is 2. The monoisotopic (exact) mass is 299 g/mol. The number of carboxylic acid groups (broad SMARTS) is 1. The molecule has 7 nitrogen and oxygen atoms in total. The summed E-state index contributed by atoms with van der Waals surface area (Å²) in [4.78, 5) is 25.0. The minimum absolute atomic E-state index is 0.00712. The number of hydrogen-bond acceptors (Lipinski definition) is 4. The average Bonchev–Trinajstić information content (AvgIpc) is 2.81. The topological polar surface area (TPSA) is 90.9 Å². The molecule has 2 heterocycles. The van der Waals surface area contributed by atoms with Crippen molar-refractivity contribution in [1.82, 2.24) is 15.5 Å². The summed E-state index contributed by atoms with van der Waals surface area (Å²) in [6.07, 6.45) is 2.31. The van der Waals surface area contributed by atoms with Crippen LogP contribution in [0.3, 0.4) is 0 Å². The number of urea groups is 1. The Bertz CT molecular complexity index is 400. The van der Waals surface area contributed by atoms with Crippen molar-refractivity contribution in [2.24, 2.45) is 0 Å². The lowest BCUT2D eigenvalue weighted by atomic mass is 10.0. The fourth-order valence-electron chi connectivity index (χ4n) is 2.99. The van der Waals surface area contributed by atoms with Crippen LogP contribution in [-0.4, -0.2) is 65.9 Å². The molecule has 120 valence electrons. The Labute approximate surface area is 125 Å². The SMILES string of the molecule is CC(C)(CC(=O)O)NC(=O)NCC1CN2CCCC2CO1. The van der Waals surface area contributed by atoms with Crippen molar-refractivity contribution in [2.45, 2.75) is 50.8 Å². The van der Waals surface area contributed by atoms with E-state index in [1.807, 2.05) is 0 Å². The van der Waals surface area contributed by atoms with Crippen molar-refractivity contribution in [3.63, 3.8) is 0 Å². The Morgan fingerprint density at radius 1 is 1.43 bits per heavy atom. The summed E-state index contributed by atoms with van der Waals surface area (Å²) < 4.78 is 5.76. The third-order valence-corrected chi connectivity index (χ3v) is 4.00. The van der Waals surface area contributed by atoms with E-state index in [0.717, 1.165) is 19.7 Å². The van der Waals surface area contributed by atoms with Crippen LogP contribution in [0.5, 0.6) is 0 Å². The lowest BCUT2D eigenvalue weighted by molar-refractivity contribution is -0.138. The van der Waals surface area contributed by atoms with Gasteiger partial charge in [0, 0.05) is 24.7 Å². The largest absolute Gasteiger partial charge is 0.481 e. The molecule has 0 aromatic rings. The van der Waals surface area contributed by atoms with Gasteiger partial charge in [0.15, 0.2) is 0 Å². The van der Waals surface area contributed by atoms with Crippen LogP contribution in [0.2, 0.25) is 0 Å². The quantitative estimate of drug-likeness (QED) is 0.683. The fraction of sp³-hybridized carbons (Fsp3) is 0.857. The summed E-state index contributed by atoms with van der Waals surface area (Å²) >= 11 is 0. The Morgan fingerprint density at radius 2 is 2.19 bits per heavy atom. The van der Waals surface area contributed by atoms with Gasteiger partial charge in [0.25, 0.3) is 0 Å². The third kappa shape index (κ3) is 4.86. The van der Waals surface area contributed by atoms with Crippen LogP contribution >= 0.6 is 0 Å². The van der Waals surface area contributed by atoms with Crippen LogP contribution in [0.4, 0.5) is 4.79 Å². The number of nitrogens with zero attached hydrogens (tertiary/aromatic N) is 1. The summed E-state index contributed by atoms with van der Waals surface area (Å²) in [6.45, 7) is 6.52. The van der Waals surface area contributed by atoms with Gasteiger partial charge >= 0.3 is 12.0 Å². The lowest BCUT2D eigenvalue weighted by Gasteiger charge is -2.35. The summed E-state index contributed by atoms with van der Waals surface area (Å²) in [5.41, 5.74) is -0.774. The highest BCUT2D eigenvalue weighted by atomic mass is 16.5. The first-order chi connectivity index (χ1) is 9.85. The number of hydrogen-bond donors (Lipinski definition) is 3. The predicted molar refractivity (Wildman–Crippen MR) is 77.2 cm³/mol. The molecule has 0 spiro atoms. The van der Waals surface area contributed by atoms with Gasteiger partial charge in [-0.25, -0.2) is 4.79 Å². The third-order valence-electron chi connectivity index (χ3n) is 4.00. The first-order valence-corrected chi connectivity index (χ1v) is 7.49. The first kappa shape index (κ1) is 16.0. The standard InChI is InChI=1S/C14H25N3O4/c1-14(2,6-12(18)19)16-13(20)15-7-11-8-17-5-3-4-10(17)9-21-11/h10-11H,3-9H2,1-2H3,(H,18,19)(H2,15,16,20). The molecule has 0 aliphatic carbocycles. The molecule has 2 atom stereocenters. The average molecular weight is 299 g/mol. The zero-order valence-corrected chi connectivity index (χ0v) is 12.7. The second-order valence-corrected chi connectivity index (χ2v) is 6.54. The second kappa shape index (κ2) is 6.62. The van der Waals surface area contributed by atoms with Gasteiger partial charge in [-0.3, -0.25) is 9.69 Å². The van der Waals surface area contributed by atoms with Gasteiger partial charge in [-0.15, -0.1) is 0 Å². The van der Waals surface area contributed by atoms with Crippen LogP contribution in [0.1, 0.15) is 33.1 Å². The van der Waals surface area contributed by atoms with Crippen molar-refractivity contribution in [3.8, 4) is 0 Å². The molecule has 2 rings (SSSR count). The Morgan fingerprint density at radius 3 is 2.90 bits per heavy atom. The predicted octanol–water partition coefficient (Wildman–Crippen LogP) is 0.402. The zero-order valence-electron chi connectivity index (χ0n) is 12.7. The number of carbonyl (C=O) groups is 2. The van der Waals surface area contributed by atoms with E-state index in [1.54, 1.807) is 13.8 Å². The summed E-state index contributed by atoms with van der Waals surface area (Å²) in [7, 11) is 0. The van der Waals surface area contributed by atoms with Crippen LogP contribution in [0, 0.1) is 0 Å². The summed E-state index contributed by atoms with van der Waals surface area (Å²) in [5.74, 6) is -0.934. The molecule has 0 bridgehead atoms. The maximum absolute atomic E-state index is 11.8. The molecule has 0 saturated carbocycles. The van der Waals surface area contributed by atoms with Gasteiger partial charge in [0.1, 0.15) is 0 Å². The molecule has 2 saturated heterocycles. The van der Waals surface area contributed by atoms with E-state index in [2.05, 4.69) is 15.5 Å². The molecule has 3 N–H and O–H groups in total. The molecular weight excluding hydrogens is 274 g/mol. The number of ether oxygens (including phenoxy) is 1. The molecule has 2 aliphatic rings. The van der Waals surface area contributed by atoms with Crippen LogP contribution in [0.25, 0.3) is 0 Å². The van der Waals surface area contributed by atoms with Crippen LogP contribution in [-0.2, 0) is 9.53 Å². The van der Waals surface area contributed by atoms with Gasteiger partial charge in [0.2, 0.25) is 0 Å². The highest BCUT2D eigenvalue weighted by molar-refractivity contribution is 5.76. The molecule has 7 heteroatoms. The highest BCUT2D eigenvalue weighted by Crippen LogP contribution is 2.22. The van der Waals surface area contributed by atoms with Crippen molar-refractivity contribution in [1.29, 1.82) is 0 Å². The van der Waals surface area contributed by atoms with E-state index < -0.39 is 11.5 Å². The van der Waals surface area contributed by atoms with Crippen molar-refractivity contribution >= 4 is 12.0 Å². The van der Waals surface area contributed by atoms with Gasteiger partial charge < -0.3 is 20.5 Å². The molecule has 2 fully saturated rings. The van der Waals surface area contributed by atoms with Gasteiger partial charge in [0.05, 0.1) is 19.1 Å². The molecule has 0 aromatic heterocycles. The van der Waals surface area contributed by atoms with E-state index in [-0.39, 0.29) is 18.6 Å². The fourth-order valence-corrected chi connectivity index (χ4v) is 2.99. The van der Waals surface area contributed by atoms with E-state index in [4.69, 9.17) is 9.84 Å². The van der Waals surface area contributed by atoms with Crippen molar-refractivity contribution < 1.29 is 19.4 Å². The van der Waals surface area contributed by atoms with E-state index >= 15 is 0 Å². The minimum Gasteiger partial charge on any atom is -0.481 e. The maximum atomic E-state index is 11.8.